The third-order valence-electron chi connectivity index (χ3n) is 1.61. The molecule has 0 aromatic heterocycles. The second-order valence-electron chi connectivity index (χ2n) is 2.78. The van der Waals surface area contributed by atoms with E-state index in [0.717, 1.165) is 6.07 Å². The fourth-order valence-corrected chi connectivity index (χ4v) is 0.973. The van der Waals surface area contributed by atoms with E-state index in [4.69, 9.17) is 10.5 Å². The normalized spacial score (nSPS) is 9.73. The van der Waals surface area contributed by atoms with Crippen LogP contribution in [-0.4, -0.2) is 19.2 Å². The van der Waals surface area contributed by atoms with Gasteiger partial charge in [-0.2, -0.15) is 0 Å². The molecule has 1 aromatic carbocycles. The first-order valence-corrected chi connectivity index (χ1v) is 4.47. The quantitative estimate of drug-likeness (QED) is 0.605. The van der Waals surface area contributed by atoms with Crippen LogP contribution >= 0.6 is 0 Å². The summed E-state index contributed by atoms with van der Waals surface area (Å²) in [5.41, 5.74) is 5.65. The highest BCUT2D eigenvalue weighted by atomic mass is 19.1. The van der Waals surface area contributed by atoms with E-state index < -0.39 is 11.8 Å². The number of ether oxygens (including phenoxy) is 2. The fraction of sp³-hybridized carbons (Fsp3) is 0.300. The lowest BCUT2D eigenvalue weighted by Gasteiger charge is -2.06. The molecule has 5 heteroatoms. The van der Waals surface area contributed by atoms with Crippen LogP contribution < -0.4 is 10.5 Å². The molecule has 0 amide bonds. The lowest BCUT2D eigenvalue weighted by molar-refractivity contribution is -0.145. The van der Waals surface area contributed by atoms with E-state index in [1.807, 2.05) is 0 Å². The van der Waals surface area contributed by atoms with Gasteiger partial charge < -0.3 is 15.2 Å². The van der Waals surface area contributed by atoms with Crippen LogP contribution in [0.2, 0.25) is 0 Å². The van der Waals surface area contributed by atoms with Crippen molar-refractivity contribution in [1.82, 2.24) is 0 Å². The Hall–Kier alpha value is -1.78. The van der Waals surface area contributed by atoms with Gasteiger partial charge in [-0.05, 0) is 19.1 Å². The van der Waals surface area contributed by atoms with Crippen molar-refractivity contribution in [1.29, 1.82) is 0 Å². The zero-order chi connectivity index (χ0) is 11.3. The molecule has 0 atom stereocenters. The maximum absolute atomic E-state index is 13.1. The number of nitrogens with two attached hydrogens (primary N) is 1. The molecule has 0 aliphatic carbocycles. The molecule has 0 radical (unpaired) electrons. The zero-order valence-corrected chi connectivity index (χ0v) is 8.33. The van der Waals surface area contributed by atoms with Crippen molar-refractivity contribution in [3.05, 3.63) is 24.0 Å². The van der Waals surface area contributed by atoms with E-state index in [1.54, 1.807) is 6.92 Å². The molecule has 2 N–H and O–H groups in total. The van der Waals surface area contributed by atoms with Gasteiger partial charge in [0.25, 0.3) is 0 Å². The average molecular weight is 213 g/mol. The van der Waals surface area contributed by atoms with Crippen LogP contribution in [0.15, 0.2) is 18.2 Å². The lowest BCUT2D eigenvalue weighted by atomic mass is 10.3. The first kappa shape index (κ1) is 11.3. The Morgan fingerprint density at radius 2 is 2.27 bits per heavy atom. The second-order valence-corrected chi connectivity index (χ2v) is 2.78. The number of hydrogen-bond acceptors (Lipinski definition) is 4. The number of nitrogen functional groups attached to an aromatic ring is 1. The Labute approximate surface area is 86.8 Å². The molecule has 0 fully saturated rings. The summed E-state index contributed by atoms with van der Waals surface area (Å²) in [7, 11) is 0. The van der Waals surface area contributed by atoms with Crippen LogP contribution in [0.1, 0.15) is 6.92 Å². The van der Waals surface area contributed by atoms with Crippen LogP contribution in [0.25, 0.3) is 0 Å². The SMILES string of the molecule is CCOC(=O)COc1ccc(N)cc1F. The van der Waals surface area contributed by atoms with Gasteiger partial charge in [-0.15, -0.1) is 0 Å². The van der Waals surface area contributed by atoms with E-state index in [1.165, 1.54) is 12.1 Å². The van der Waals surface area contributed by atoms with E-state index in [9.17, 15) is 9.18 Å². The van der Waals surface area contributed by atoms with Gasteiger partial charge in [0.15, 0.2) is 18.2 Å². The number of benzene rings is 1. The van der Waals surface area contributed by atoms with Gasteiger partial charge >= 0.3 is 5.97 Å². The van der Waals surface area contributed by atoms with Crippen LogP contribution in [0.5, 0.6) is 5.75 Å². The van der Waals surface area contributed by atoms with Crippen molar-refractivity contribution in [2.24, 2.45) is 0 Å². The van der Waals surface area contributed by atoms with Gasteiger partial charge in [0.2, 0.25) is 0 Å². The molecule has 1 aromatic rings. The molecule has 0 aliphatic heterocycles. The van der Waals surface area contributed by atoms with Gasteiger partial charge in [-0.1, -0.05) is 0 Å². The first-order valence-electron chi connectivity index (χ1n) is 4.47. The molecular formula is C10H12FNO3. The Bertz CT molecular complexity index is 355. The number of anilines is 1. The summed E-state index contributed by atoms with van der Waals surface area (Å²) in [4.78, 5) is 10.9. The summed E-state index contributed by atoms with van der Waals surface area (Å²) in [5.74, 6) is -1.15. The summed E-state index contributed by atoms with van der Waals surface area (Å²) < 4.78 is 22.6. The van der Waals surface area contributed by atoms with Crippen LogP contribution in [0, 0.1) is 5.82 Å². The van der Waals surface area contributed by atoms with Crippen molar-refractivity contribution in [3.8, 4) is 5.75 Å². The summed E-state index contributed by atoms with van der Waals surface area (Å²) >= 11 is 0. The standard InChI is InChI=1S/C10H12FNO3/c1-2-14-10(13)6-15-9-4-3-7(12)5-8(9)11/h3-5H,2,6,12H2,1H3. The van der Waals surface area contributed by atoms with Crippen molar-refractivity contribution in [2.45, 2.75) is 6.92 Å². The Kier molecular flexibility index (Phi) is 3.91. The molecule has 4 nitrogen and oxygen atoms in total. The summed E-state index contributed by atoms with van der Waals surface area (Å²) in [6.45, 7) is 1.64. The fourth-order valence-electron chi connectivity index (χ4n) is 0.973. The highest BCUT2D eigenvalue weighted by molar-refractivity contribution is 5.71. The number of esters is 1. The van der Waals surface area contributed by atoms with E-state index >= 15 is 0 Å². The molecule has 0 bridgehead atoms. The van der Waals surface area contributed by atoms with E-state index in [0.29, 0.717) is 5.69 Å². The van der Waals surface area contributed by atoms with Gasteiger partial charge in [0.1, 0.15) is 0 Å². The third-order valence-corrected chi connectivity index (χ3v) is 1.61. The molecule has 1 rings (SSSR count). The van der Waals surface area contributed by atoms with Gasteiger partial charge in [-0.3, -0.25) is 0 Å². The molecular weight excluding hydrogens is 201 g/mol. The minimum atomic E-state index is -0.598. The van der Waals surface area contributed by atoms with Crippen molar-refractivity contribution >= 4 is 11.7 Å². The Morgan fingerprint density at radius 3 is 2.87 bits per heavy atom. The maximum atomic E-state index is 13.1. The van der Waals surface area contributed by atoms with E-state index in [2.05, 4.69) is 4.74 Å². The Morgan fingerprint density at radius 1 is 1.53 bits per heavy atom. The first-order chi connectivity index (χ1) is 7.13. The minimum absolute atomic E-state index is 0.0164. The molecule has 0 saturated carbocycles. The highest BCUT2D eigenvalue weighted by Gasteiger charge is 2.07. The summed E-state index contributed by atoms with van der Waals surface area (Å²) in [6, 6.07) is 3.98. The van der Waals surface area contributed by atoms with Crippen molar-refractivity contribution < 1.29 is 18.7 Å². The Balaban J connectivity index is 2.54. The summed E-state index contributed by atoms with van der Waals surface area (Å²) in [5, 5.41) is 0. The molecule has 82 valence electrons. The molecule has 0 unspecified atom stereocenters. The van der Waals surface area contributed by atoms with Crippen LogP contribution in [0.3, 0.4) is 0 Å². The highest BCUT2D eigenvalue weighted by Crippen LogP contribution is 2.19. The number of carbonyl (C=O) groups is 1. The predicted octanol–water partition coefficient (Wildman–Crippen LogP) is 1.35. The number of halogens is 1. The van der Waals surface area contributed by atoms with Crippen molar-refractivity contribution in [3.63, 3.8) is 0 Å². The second kappa shape index (κ2) is 5.19. The van der Waals surface area contributed by atoms with Gasteiger partial charge in [-0.25, -0.2) is 9.18 Å². The monoisotopic (exact) mass is 213 g/mol. The third kappa shape index (κ3) is 3.46. The number of rotatable bonds is 4. The minimum Gasteiger partial charge on any atom is -0.479 e. The summed E-state index contributed by atoms with van der Waals surface area (Å²) in [6.07, 6.45) is 0. The lowest BCUT2D eigenvalue weighted by Crippen LogP contribution is -2.15. The number of hydrogen-bond donors (Lipinski definition) is 1. The molecule has 0 heterocycles. The van der Waals surface area contributed by atoms with Crippen molar-refractivity contribution in [2.75, 3.05) is 18.9 Å². The average Bonchev–Trinajstić information content (AvgIpc) is 2.17. The molecule has 0 saturated heterocycles. The molecule has 15 heavy (non-hydrogen) atoms. The maximum Gasteiger partial charge on any atom is 0.344 e. The van der Waals surface area contributed by atoms with Crippen LogP contribution in [0.4, 0.5) is 10.1 Å². The topological polar surface area (TPSA) is 61.5 Å². The predicted molar refractivity (Wildman–Crippen MR) is 52.9 cm³/mol. The largest absolute Gasteiger partial charge is 0.479 e. The van der Waals surface area contributed by atoms with Gasteiger partial charge in [0, 0.05) is 11.8 Å². The number of carbonyl (C=O) groups excluding carboxylic acids is 1. The smallest absolute Gasteiger partial charge is 0.344 e. The van der Waals surface area contributed by atoms with Crippen LogP contribution in [-0.2, 0) is 9.53 Å². The zero-order valence-electron chi connectivity index (χ0n) is 8.33. The molecule has 0 spiro atoms. The molecule has 0 aliphatic rings. The van der Waals surface area contributed by atoms with E-state index in [-0.39, 0.29) is 19.0 Å². The van der Waals surface area contributed by atoms with Gasteiger partial charge in [0.05, 0.1) is 6.61 Å².